The van der Waals surface area contributed by atoms with Crippen molar-refractivity contribution in [2.24, 2.45) is 11.5 Å². The molecule has 57 heavy (non-hydrogen) atoms. The molecule has 2 saturated heterocycles. The SMILES string of the molecule is C1CCSC1.C1CCSC1.CNc1cccc(-c2cccc(NC(=O)c3cc(OC)c(CNCCN)cn3)c2C)c1C.COc1cc(C=O)ncc1CNCCN. The highest BCUT2D eigenvalue weighted by Gasteiger charge is 2.16. The molecule has 4 heterocycles. The van der Waals surface area contributed by atoms with Crippen LogP contribution in [0.1, 0.15) is 68.9 Å². The van der Waals surface area contributed by atoms with Gasteiger partial charge in [-0.25, -0.2) is 0 Å². The minimum absolute atomic E-state index is 0.286. The number of methoxy groups -OCH3 is 2. The number of aldehydes is 1. The van der Waals surface area contributed by atoms with Crippen molar-refractivity contribution < 1.29 is 19.1 Å². The van der Waals surface area contributed by atoms with Crippen molar-refractivity contribution in [3.05, 3.63) is 94.6 Å². The van der Waals surface area contributed by atoms with Crippen LogP contribution in [0.5, 0.6) is 11.5 Å². The van der Waals surface area contributed by atoms with Gasteiger partial charge >= 0.3 is 0 Å². The Bertz CT molecular complexity index is 1780. The number of nitrogens with zero attached hydrogens (tertiary/aromatic N) is 2. The summed E-state index contributed by atoms with van der Waals surface area (Å²) >= 11 is 4.15. The van der Waals surface area contributed by atoms with Crippen molar-refractivity contribution in [1.29, 1.82) is 0 Å². The van der Waals surface area contributed by atoms with Crippen LogP contribution in [0.3, 0.4) is 0 Å². The average molecular weight is 819 g/mol. The van der Waals surface area contributed by atoms with E-state index in [0.717, 1.165) is 51.3 Å². The number of nitrogens with two attached hydrogens (primary N) is 2. The van der Waals surface area contributed by atoms with Crippen LogP contribution in [0, 0.1) is 13.8 Å². The van der Waals surface area contributed by atoms with Gasteiger partial charge in [0, 0.05) is 93.3 Å². The molecule has 0 radical (unpaired) electrons. The zero-order valence-electron chi connectivity index (χ0n) is 34.2. The molecule has 12 nitrogen and oxygen atoms in total. The van der Waals surface area contributed by atoms with E-state index in [-0.39, 0.29) is 5.91 Å². The molecule has 2 aromatic carbocycles. The van der Waals surface area contributed by atoms with Gasteiger partial charge in [0.05, 0.1) is 14.2 Å². The minimum Gasteiger partial charge on any atom is -0.496 e. The van der Waals surface area contributed by atoms with Crippen molar-refractivity contribution in [3.63, 3.8) is 0 Å². The highest BCUT2D eigenvalue weighted by Crippen LogP contribution is 2.34. The third-order valence-corrected chi connectivity index (χ3v) is 11.4. The number of hydrogen-bond donors (Lipinski definition) is 6. The summed E-state index contributed by atoms with van der Waals surface area (Å²) in [6, 6.07) is 15.4. The number of aromatic nitrogens is 2. The van der Waals surface area contributed by atoms with Gasteiger partial charge in [0.1, 0.15) is 22.9 Å². The summed E-state index contributed by atoms with van der Waals surface area (Å²) in [5, 5.41) is 12.6. The maximum absolute atomic E-state index is 12.9. The molecule has 310 valence electrons. The first-order valence-corrected chi connectivity index (χ1v) is 21.8. The number of pyridine rings is 2. The molecule has 0 saturated carbocycles. The standard InChI is InChI=1S/C25H31N5O2.C10H15N3O2.2C4H8S/c1-16-19(7-5-9-21(16)27-3)20-8-6-10-22(17(20)2)30-25(31)23-13-24(32-4)18(15-29-23)14-28-12-11-26;1-15-10-4-9(7-14)13-6-8(10)5-12-3-2-11;2*1-2-4-5-3-1/h5-10,13,15,27-28H,11-12,14,26H2,1-4H3,(H,30,31);4,6-7,12H,2-3,5,11H2,1H3;2*1-4H2. The molecule has 14 heteroatoms. The number of thioether (sulfide) groups is 2. The molecule has 2 aliphatic heterocycles. The molecule has 0 atom stereocenters. The molecule has 2 aliphatic rings. The number of anilines is 2. The number of hydrogen-bond acceptors (Lipinski definition) is 13. The molecule has 6 rings (SSSR count). The largest absolute Gasteiger partial charge is 0.496 e. The van der Waals surface area contributed by atoms with Crippen LogP contribution < -0.4 is 42.2 Å². The number of carbonyl (C=O) groups excluding carboxylic acids is 2. The van der Waals surface area contributed by atoms with E-state index in [2.05, 4.69) is 73.8 Å². The second-order valence-corrected chi connectivity index (χ2v) is 15.6. The van der Waals surface area contributed by atoms with E-state index < -0.39 is 0 Å². The quantitative estimate of drug-likeness (QED) is 0.0553. The molecule has 0 spiro atoms. The fraction of sp³-hybridized carbons (Fsp3) is 0.442. The van der Waals surface area contributed by atoms with Crippen LogP contribution in [0.2, 0.25) is 0 Å². The van der Waals surface area contributed by atoms with Crippen LogP contribution in [0.15, 0.2) is 60.9 Å². The fourth-order valence-corrected chi connectivity index (χ4v) is 7.94. The lowest BCUT2D eigenvalue weighted by molar-refractivity contribution is 0.102. The molecule has 0 bridgehead atoms. The smallest absolute Gasteiger partial charge is 0.274 e. The molecular weight excluding hydrogens is 757 g/mol. The lowest BCUT2D eigenvalue weighted by Gasteiger charge is -2.16. The summed E-state index contributed by atoms with van der Waals surface area (Å²) < 4.78 is 10.6. The summed E-state index contributed by atoms with van der Waals surface area (Å²) in [4.78, 5) is 31.7. The number of amides is 1. The molecule has 0 unspecified atom stereocenters. The van der Waals surface area contributed by atoms with Crippen molar-refractivity contribution >= 4 is 47.1 Å². The van der Waals surface area contributed by atoms with E-state index in [1.165, 1.54) is 48.7 Å². The number of rotatable bonds is 15. The molecule has 2 fully saturated rings. The van der Waals surface area contributed by atoms with E-state index in [1.54, 1.807) is 38.7 Å². The van der Waals surface area contributed by atoms with Crippen molar-refractivity contribution in [1.82, 2.24) is 20.6 Å². The van der Waals surface area contributed by atoms with Gasteiger partial charge in [-0.1, -0.05) is 24.3 Å². The van der Waals surface area contributed by atoms with Crippen molar-refractivity contribution in [2.75, 3.05) is 81.1 Å². The first-order chi connectivity index (χ1) is 27.8. The lowest BCUT2D eigenvalue weighted by Crippen LogP contribution is -2.22. The maximum Gasteiger partial charge on any atom is 0.274 e. The van der Waals surface area contributed by atoms with Gasteiger partial charge < -0.3 is 42.2 Å². The van der Waals surface area contributed by atoms with Crippen LogP contribution in [-0.2, 0) is 13.1 Å². The fourth-order valence-electron chi connectivity index (χ4n) is 5.90. The summed E-state index contributed by atoms with van der Waals surface area (Å²) in [5.41, 5.74) is 19.5. The Morgan fingerprint density at radius 1 is 0.754 bits per heavy atom. The van der Waals surface area contributed by atoms with Gasteiger partial charge in [0.2, 0.25) is 0 Å². The third-order valence-electron chi connectivity index (χ3n) is 9.11. The van der Waals surface area contributed by atoms with E-state index in [1.807, 2.05) is 38.2 Å². The summed E-state index contributed by atoms with van der Waals surface area (Å²) in [6.45, 7) is 7.86. The lowest BCUT2D eigenvalue weighted by atomic mass is 9.94. The van der Waals surface area contributed by atoms with Gasteiger partial charge in [0.15, 0.2) is 6.29 Å². The Hall–Kier alpha value is -4.18. The Morgan fingerprint density at radius 2 is 1.25 bits per heavy atom. The Labute approximate surface area is 347 Å². The summed E-state index contributed by atoms with van der Waals surface area (Å²) in [5.74, 6) is 6.65. The Balaban J connectivity index is 0.000000282. The van der Waals surface area contributed by atoms with Crippen LogP contribution in [0.4, 0.5) is 11.4 Å². The van der Waals surface area contributed by atoms with E-state index in [4.69, 9.17) is 20.9 Å². The normalized spacial score (nSPS) is 12.8. The van der Waals surface area contributed by atoms with Crippen LogP contribution >= 0.6 is 23.5 Å². The predicted octanol–water partition coefficient (Wildman–Crippen LogP) is 6.69. The number of carbonyl (C=O) groups is 2. The first-order valence-electron chi connectivity index (χ1n) is 19.5. The molecule has 4 aromatic rings. The number of nitrogens with one attached hydrogen (secondary N) is 4. The third kappa shape index (κ3) is 15.9. The highest BCUT2D eigenvalue weighted by molar-refractivity contribution is 7.99. The van der Waals surface area contributed by atoms with Gasteiger partial charge in [-0.3, -0.25) is 19.6 Å². The number of ether oxygens (including phenoxy) is 2. The minimum atomic E-state index is -0.286. The monoisotopic (exact) mass is 818 g/mol. The topological polar surface area (TPSA) is 179 Å². The van der Waals surface area contributed by atoms with E-state index >= 15 is 0 Å². The Kier molecular flexibility index (Phi) is 22.7. The second-order valence-electron chi connectivity index (χ2n) is 13.2. The zero-order valence-corrected chi connectivity index (χ0v) is 35.9. The zero-order chi connectivity index (χ0) is 41.3. The average Bonchev–Trinajstić information content (AvgIpc) is 4.04. The second kappa shape index (κ2) is 27.5. The van der Waals surface area contributed by atoms with Crippen LogP contribution in [-0.4, -0.2) is 92.6 Å². The molecule has 2 aromatic heterocycles. The Morgan fingerprint density at radius 3 is 1.70 bits per heavy atom. The van der Waals surface area contributed by atoms with Gasteiger partial charge in [-0.15, -0.1) is 0 Å². The van der Waals surface area contributed by atoms with Gasteiger partial charge in [-0.05, 0) is 96.9 Å². The number of benzene rings is 2. The van der Waals surface area contributed by atoms with Crippen LogP contribution in [0.25, 0.3) is 11.1 Å². The maximum atomic E-state index is 12.9. The first kappa shape index (κ1) is 47.2. The summed E-state index contributed by atoms with van der Waals surface area (Å²) in [7, 11) is 5.06. The van der Waals surface area contributed by atoms with Crippen molar-refractivity contribution in [3.8, 4) is 22.6 Å². The van der Waals surface area contributed by atoms with Crippen molar-refractivity contribution in [2.45, 2.75) is 52.6 Å². The van der Waals surface area contributed by atoms with E-state index in [9.17, 15) is 9.59 Å². The van der Waals surface area contributed by atoms with E-state index in [0.29, 0.717) is 61.9 Å². The summed E-state index contributed by atoms with van der Waals surface area (Å²) in [6.07, 6.45) is 9.84. The predicted molar refractivity (Wildman–Crippen MR) is 240 cm³/mol. The molecule has 8 N–H and O–H groups in total. The van der Waals surface area contributed by atoms with Gasteiger partial charge in [-0.2, -0.15) is 23.5 Å². The molecule has 0 aliphatic carbocycles. The molecular formula is C43H62N8O4S2. The highest BCUT2D eigenvalue weighted by atomic mass is 32.2. The molecule has 1 amide bonds. The van der Waals surface area contributed by atoms with Gasteiger partial charge in [0.25, 0.3) is 5.91 Å².